The van der Waals surface area contributed by atoms with Crippen LogP contribution in [-0.4, -0.2) is 16.3 Å². The van der Waals surface area contributed by atoms with E-state index in [-0.39, 0.29) is 12.4 Å². The molecule has 0 aliphatic rings. The molecule has 0 unspecified atom stereocenters. The lowest BCUT2D eigenvalue weighted by molar-refractivity contribution is 0.625. The number of nitrogens with two attached hydrogens (primary N) is 1. The van der Waals surface area contributed by atoms with Gasteiger partial charge in [0.15, 0.2) is 0 Å². The number of halogens is 1. The van der Waals surface area contributed by atoms with Crippen molar-refractivity contribution in [3.05, 3.63) is 42.2 Å². The zero-order chi connectivity index (χ0) is 11.4. The second-order valence-electron chi connectivity index (χ2n) is 3.83. The minimum atomic E-state index is 0. The minimum absolute atomic E-state index is 0. The Morgan fingerprint density at radius 2 is 1.88 bits per heavy atom. The Hall–Kier alpha value is -1.32. The number of aromatic nitrogens is 2. The predicted octanol–water partition coefficient (Wildman–Crippen LogP) is 2.49. The highest BCUT2D eigenvalue weighted by molar-refractivity contribution is 5.85. The van der Waals surface area contributed by atoms with E-state index in [1.54, 1.807) is 0 Å². The molecule has 2 aromatic rings. The van der Waals surface area contributed by atoms with Crippen LogP contribution >= 0.6 is 12.4 Å². The molecule has 17 heavy (non-hydrogen) atoms. The highest BCUT2D eigenvalue weighted by atomic mass is 35.5. The van der Waals surface area contributed by atoms with E-state index in [0.717, 1.165) is 18.5 Å². The fourth-order valence-corrected chi connectivity index (χ4v) is 1.70. The third-order valence-corrected chi connectivity index (χ3v) is 2.69. The maximum absolute atomic E-state index is 5.49. The topological polar surface area (TPSA) is 43.8 Å². The van der Waals surface area contributed by atoms with Gasteiger partial charge in [0, 0.05) is 18.3 Å². The van der Waals surface area contributed by atoms with Crippen LogP contribution < -0.4 is 5.73 Å². The number of rotatable bonds is 4. The molecule has 92 valence electrons. The van der Waals surface area contributed by atoms with Crippen molar-refractivity contribution in [2.45, 2.75) is 19.9 Å². The van der Waals surface area contributed by atoms with Crippen LogP contribution in [0.1, 0.15) is 12.5 Å². The Morgan fingerprint density at radius 3 is 2.47 bits per heavy atom. The summed E-state index contributed by atoms with van der Waals surface area (Å²) in [7, 11) is 0. The number of hydrogen-bond acceptors (Lipinski definition) is 2. The van der Waals surface area contributed by atoms with Crippen LogP contribution in [0.5, 0.6) is 0 Å². The van der Waals surface area contributed by atoms with Crippen molar-refractivity contribution in [2.24, 2.45) is 5.73 Å². The molecule has 0 aliphatic carbocycles. The van der Waals surface area contributed by atoms with Gasteiger partial charge in [0.2, 0.25) is 0 Å². The van der Waals surface area contributed by atoms with E-state index in [1.165, 1.54) is 11.1 Å². The fourth-order valence-electron chi connectivity index (χ4n) is 1.70. The second-order valence-corrected chi connectivity index (χ2v) is 3.83. The van der Waals surface area contributed by atoms with E-state index in [4.69, 9.17) is 5.73 Å². The van der Waals surface area contributed by atoms with Gasteiger partial charge in [0.1, 0.15) is 0 Å². The van der Waals surface area contributed by atoms with Gasteiger partial charge in [-0.25, -0.2) is 0 Å². The van der Waals surface area contributed by atoms with Gasteiger partial charge in [0.05, 0.1) is 12.7 Å². The minimum Gasteiger partial charge on any atom is -0.329 e. The Labute approximate surface area is 108 Å². The summed E-state index contributed by atoms with van der Waals surface area (Å²) in [5.74, 6) is 0. The summed E-state index contributed by atoms with van der Waals surface area (Å²) in [6.45, 7) is 3.55. The van der Waals surface area contributed by atoms with Crippen molar-refractivity contribution in [1.29, 1.82) is 0 Å². The van der Waals surface area contributed by atoms with E-state index in [1.807, 2.05) is 17.1 Å². The van der Waals surface area contributed by atoms with E-state index in [0.29, 0.717) is 6.54 Å². The zero-order valence-electron chi connectivity index (χ0n) is 9.97. The number of hydrogen-bond donors (Lipinski definition) is 1. The monoisotopic (exact) mass is 251 g/mol. The van der Waals surface area contributed by atoms with Gasteiger partial charge >= 0.3 is 0 Å². The summed E-state index contributed by atoms with van der Waals surface area (Å²) in [4.78, 5) is 0. The molecular formula is C13H18ClN3. The Bertz CT molecular complexity index is 448. The molecule has 0 bridgehead atoms. The van der Waals surface area contributed by atoms with Crippen molar-refractivity contribution in [1.82, 2.24) is 9.78 Å². The Balaban J connectivity index is 0.00000144. The predicted molar refractivity (Wildman–Crippen MR) is 73.3 cm³/mol. The molecule has 3 nitrogen and oxygen atoms in total. The van der Waals surface area contributed by atoms with Gasteiger partial charge < -0.3 is 5.73 Å². The first-order valence-electron chi connectivity index (χ1n) is 5.65. The molecule has 2 N–H and O–H groups in total. The highest BCUT2D eigenvalue weighted by Crippen LogP contribution is 2.19. The summed E-state index contributed by atoms with van der Waals surface area (Å²) >= 11 is 0. The molecule has 4 heteroatoms. The van der Waals surface area contributed by atoms with Gasteiger partial charge in [-0.05, 0) is 17.5 Å². The van der Waals surface area contributed by atoms with Crippen LogP contribution in [0.25, 0.3) is 11.1 Å². The fraction of sp³-hybridized carbons (Fsp3) is 0.308. The summed E-state index contributed by atoms with van der Waals surface area (Å²) in [6.07, 6.45) is 5.00. The average Bonchev–Trinajstić information content (AvgIpc) is 2.78. The highest BCUT2D eigenvalue weighted by Gasteiger charge is 2.01. The number of aryl methyl sites for hydroxylation is 1. The number of nitrogens with zero attached hydrogens (tertiary/aromatic N) is 2. The van der Waals surface area contributed by atoms with Crippen molar-refractivity contribution < 1.29 is 0 Å². The molecule has 1 aromatic carbocycles. The summed E-state index contributed by atoms with van der Waals surface area (Å²) in [5, 5.41) is 4.26. The zero-order valence-corrected chi connectivity index (χ0v) is 10.8. The van der Waals surface area contributed by atoms with Crippen molar-refractivity contribution >= 4 is 12.4 Å². The van der Waals surface area contributed by atoms with Gasteiger partial charge in [-0.15, -0.1) is 12.4 Å². The SMILES string of the molecule is CCc1ccc(-c2cnn(CCN)c2)cc1.Cl. The standard InChI is InChI=1S/C13H17N3.ClH/c1-2-11-3-5-12(6-4-11)13-9-15-16(10-13)8-7-14;/h3-6,9-10H,2,7-8,14H2,1H3;1H. The molecule has 0 amide bonds. The summed E-state index contributed by atoms with van der Waals surface area (Å²) in [6, 6.07) is 8.61. The largest absolute Gasteiger partial charge is 0.329 e. The van der Waals surface area contributed by atoms with Crippen LogP contribution in [-0.2, 0) is 13.0 Å². The first-order chi connectivity index (χ1) is 7.83. The quantitative estimate of drug-likeness (QED) is 0.907. The van der Waals surface area contributed by atoms with E-state index in [9.17, 15) is 0 Å². The van der Waals surface area contributed by atoms with Crippen molar-refractivity contribution in [3.8, 4) is 11.1 Å². The van der Waals surface area contributed by atoms with Gasteiger partial charge in [-0.1, -0.05) is 31.2 Å². The molecule has 0 fully saturated rings. The normalized spacial score (nSPS) is 10.0. The van der Waals surface area contributed by atoms with Crippen LogP contribution in [0.3, 0.4) is 0 Å². The first-order valence-corrected chi connectivity index (χ1v) is 5.65. The molecule has 0 saturated heterocycles. The van der Waals surface area contributed by atoms with Crippen LogP contribution in [0.4, 0.5) is 0 Å². The van der Waals surface area contributed by atoms with E-state index < -0.39 is 0 Å². The smallest absolute Gasteiger partial charge is 0.0568 e. The van der Waals surface area contributed by atoms with E-state index in [2.05, 4.69) is 36.3 Å². The molecule has 0 saturated carbocycles. The molecule has 2 rings (SSSR count). The third-order valence-electron chi connectivity index (χ3n) is 2.69. The maximum atomic E-state index is 5.49. The van der Waals surface area contributed by atoms with Crippen LogP contribution in [0.2, 0.25) is 0 Å². The summed E-state index contributed by atoms with van der Waals surface area (Å²) < 4.78 is 1.88. The van der Waals surface area contributed by atoms with Gasteiger partial charge in [-0.3, -0.25) is 4.68 Å². The lowest BCUT2D eigenvalue weighted by Crippen LogP contribution is -2.09. The second kappa shape index (κ2) is 6.42. The van der Waals surface area contributed by atoms with Crippen molar-refractivity contribution in [3.63, 3.8) is 0 Å². The van der Waals surface area contributed by atoms with Crippen molar-refractivity contribution in [2.75, 3.05) is 6.54 Å². The molecule has 0 radical (unpaired) electrons. The maximum Gasteiger partial charge on any atom is 0.0568 e. The molecule has 0 aliphatic heterocycles. The van der Waals surface area contributed by atoms with Gasteiger partial charge in [-0.2, -0.15) is 5.10 Å². The summed E-state index contributed by atoms with van der Waals surface area (Å²) in [5.41, 5.74) is 9.20. The van der Waals surface area contributed by atoms with Crippen LogP contribution in [0.15, 0.2) is 36.7 Å². The van der Waals surface area contributed by atoms with Crippen LogP contribution in [0, 0.1) is 0 Å². The molecule has 0 spiro atoms. The lowest BCUT2D eigenvalue weighted by atomic mass is 10.1. The number of benzene rings is 1. The average molecular weight is 252 g/mol. The molecule has 1 aromatic heterocycles. The van der Waals surface area contributed by atoms with Gasteiger partial charge in [0.25, 0.3) is 0 Å². The Kier molecular flexibility index (Phi) is 5.19. The third kappa shape index (κ3) is 3.32. The molecular weight excluding hydrogens is 234 g/mol. The molecule has 0 atom stereocenters. The lowest BCUT2D eigenvalue weighted by Gasteiger charge is -1.99. The first kappa shape index (κ1) is 13.7. The van der Waals surface area contributed by atoms with E-state index >= 15 is 0 Å². The molecule has 1 heterocycles. The Morgan fingerprint density at radius 1 is 1.18 bits per heavy atom.